The molecule has 0 bridgehead atoms. The molecule has 0 amide bonds. The first-order chi connectivity index (χ1) is 37.6. The van der Waals surface area contributed by atoms with Gasteiger partial charge in [-0.1, -0.05) is 148 Å². The van der Waals surface area contributed by atoms with Crippen LogP contribution in [0.3, 0.4) is 0 Å². The zero-order valence-corrected chi connectivity index (χ0v) is 47.6. The molecule has 0 saturated carbocycles. The van der Waals surface area contributed by atoms with Crippen LogP contribution in [0.5, 0.6) is 28.7 Å². The molecular formula is C65H74O12Si. The molecule has 7 rings (SSSR count). The first-order valence-corrected chi connectivity index (χ1v) is 28.2. The lowest BCUT2D eigenvalue weighted by molar-refractivity contribution is -0.157. The van der Waals surface area contributed by atoms with Gasteiger partial charge in [-0.3, -0.25) is 0 Å². The minimum absolute atomic E-state index is 0.0723. The number of methoxy groups -OCH3 is 3. The second-order valence-corrected chi connectivity index (χ2v) is 25.2. The highest BCUT2D eigenvalue weighted by molar-refractivity contribution is 6.99. The van der Waals surface area contributed by atoms with E-state index >= 15 is 0 Å². The Balaban J connectivity index is 1.32. The van der Waals surface area contributed by atoms with Crippen molar-refractivity contribution in [2.24, 2.45) is 0 Å². The molecule has 410 valence electrons. The van der Waals surface area contributed by atoms with E-state index in [1.165, 1.54) is 7.11 Å². The predicted octanol–water partition coefficient (Wildman–Crippen LogP) is 11.8. The Morgan fingerprint density at radius 1 is 0.513 bits per heavy atom. The number of rotatable bonds is 27. The molecule has 0 aliphatic rings. The van der Waals surface area contributed by atoms with Crippen LogP contribution in [0.2, 0.25) is 5.04 Å². The van der Waals surface area contributed by atoms with Gasteiger partial charge in [-0.15, -0.1) is 0 Å². The van der Waals surface area contributed by atoms with E-state index in [2.05, 4.69) is 69.3 Å². The van der Waals surface area contributed by atoms with Crippen molar-refractivity contribution >= 4 is 30.6 Å². The molecule has 0 N–H and O–H groups in total. The third-order valence-electron chi connectivity index (χ3n) is 13.0. The van der Waals surface area contributed by atoms with Gasteiger partial charge in [0.2, 0.25) is 0 Å². The maximum Gasteiger partial charge on any atom is 0.344 e. The topological polar surface area (TPSA) is 126 Å². The number of esters is 2. The normalized spacial score (nSPS) is 11.7. The van der Waals surface area contributed by atoms with Gasteiger partial charge in [-0.2, -0.15) is 0 Å². The molecule has 12 nitrogen and oxygen atoms in total. The largest absolute Gasteiger partial charge is 0.496 e. The van der Waals surface area contributed by atoms with Crippen molar-refractivity contribution in [3.05, 3.63) is 208 Å². The van der Waals surface area contributed by atoms with E-state index in [4.69, 9.17) is 47.1 Å². The fraction of sp³-hybridized carbons (Fsp3) is 0.323. The first-order valence-electron chi connectivity index (χ1n) is 26.3. The summed E-state index contributed by atoms with van der Waals surface area (Å²) >= 11 is 0. The maximum absolute atomic E-state index is 13.3. The average Bonchev–Trinajstić information content (AvgIpc) is 3.51. The molecule has 0 aliphatic carbocycles. The smallest absolute Gasteiger partial charge is 0.344 e. The molecule has 0 aromatic heterocycles. The molecule has 13 heteroatoms. The average molecular weight is 1080 g/mol. The van der Waals surface area contributed by atoms with E-state index in [0.717, 1.165) is 49.3 Å². The van der Waals surface area contributed by atoms with Crippen LogP contribution in [0.15, 0.2) is 164 Å². The minimum atomic E-state index is -3.01. The van der Waals surface area contributed by atoms with E-state index in [-0.39, 0.29) is 37.2 Å². The second kappa shape index (κ2) is 27.8. The van der Waals surface area contributed by atoms with Crippen LogP contribution in [0.4, 0.5) is 0 Å². The van der Waals surface area contributed by atoms with Crippen molar-refractivity contribution in [1.29, 1.82) is 0 Å². The van der Waals surface area contributed by atoms with Crippen LogP contribution < -0.4 is 34.1 Å². The Labute approximate surface area is 461 Å². The highest BCUT2D eigenvalue weighted by atomic mass is 28.4. The zero-order valence-electron chi connectivity index (χ0n) is 46.6. The molecular weight excluding hydrogens is 1000 g/mol. The van der Waals surface area contributed by atoms with Crippen LogP contribution in [0, 0.1) is 0 Å². The summed E-state index contributed by atoms with van der Waals surface area (Å²) in [6.07, 6.45) is 1.21. The minimum Gasteiger partial charge on any atom is -0.496 e. The fourth-order valence-electron chi connectivity index (χ4n) is 9.40. The van der Waals surface area contributed by atoms with Gasteiger partial charge in [0.25, 0.3) is 8.32 Å². The van der Waals surface area contributed by atoms with Gasteiger partial charge in [0, 0.05) is 30.2 Å². The lowest BCUT2D eigenvalue weighted by atomic mass is 9.96. The molecule has 78 heavy (non-hydrogen) atoms. The number of hydrogen-bond acceptors (Lipinski definition) is 12. The lowest BCUT2D eigenvalue weighted by Crippen LogP contribution is -2.66. The Kier molecular flexibility index (Phi) is 20.7. The molecule has 0 heterocycles. The third-order valence-corrected chi connectivity index (χ3v) is 18.0. The van der Waals surface area contributed by atoms with Crippen LogP contribution in [-0.2, 0) is 67.3 Å². The zero-order chi connectivity index (χ0) is 55.5. The Morgan fingerprint density at radius 2 is 1.09 bits per heavy atom. The number of benzene rings is 7. The molecule has 7 aromatic carbocycles. The van der Waals surface area contributed by atoms with E-state index in [9.17, 15) is 9.59 Å². The molecule has 0 saturated heterocycles. The summed E-state index contributed by atoms with van der Waals surface area (Å²) in [4.78, 5) is 26.4. The van der Waals surface area contributed by atoms with Crippen LogP contribution in [0.1, 0.15) is 90.8 Å². The summed E-state index contributed by atoms with van der Waals surface area (Å²) in [6, 6.07) is 54.5. The van der Waals surface area contributed by atoms with Crippen molar-refractivity contribution in [1.82, 2.24) is 0 Å². The molecule has 7 aromatic rings. The van der Waals surface area contributed by atoms with Gasteiger partial charge < -0.3 is 47.1 Å². The Bertz CT molecular complexity index is 2970. The molecule has 0 radical (unpaired) electrons. The second-order valence-electron chi connectivity index (χ2n) is 20.9. The molecule has 0 unspecified atom stereocenters. The van der Waals surface area contributed by atoms with Crippen molar-refractivity contribution in [2.45, 2.75) is 91.3 Å². The SMILES string of the molecule is COCCOCOc1ccc(CCc2cc(OCc3ccccc3)c(Cc3cc(OCc4ccccc4)cc(CO[Si](c4ccccc4)(c4ccccc4)C(C)(C)C)c3OC)cc2OCC(=O)OC(C)(C)C)cc1C(=O)OC. The predicted molar refractivity (Wildman–Crippen MR) is 306 cm³/mol. The van der Waals surface area contributed by atoms with Gasteiger partial charge in [-0.25, -0.2) is 9.59 Å². The standard InChI is InChI=1S/C65H74O12Si/c1-64(2,3)77-61(66)45-74-59-41-51(60(73-43-49-24-16-11-17-25-49)40-50(59)32-30-47-31-33-58(57(36-47)63(67)70-9)75-46-71-35-34-68-7)37-52-38-54(72-42-48-22-14-10-15-23-48)39-53(62(52)69-8)44-76-78(65(4,5)6,55-26-18-12-19-27-55)56-28-20-13-21-29-56/h10-29,31,33,36,38-41H,30,32,34-35,37,42-46H2,1-9H3. The molecule has 0 fully saturated rings. The number of ether oxygens (including phenoxy) is 9. The number of aryl methyl sites for hydroxylation is 2. The number of carbonyl (C=O) groups is 2. The first kappa shape index (κ1) is 58.3. The summed E-state index contributed by atoms with van der Waals surface area (Å²) < 4.78 is 61.2. The van der Waals surface area contributed by atoms with Crippen LogP contribution in [0.25, 0.3) is 0 Å². The Hall–Kier alpha value is -7.42. The monoisotopic (exact) mass is 1070 g/mol. The van der Waals surface area contributed by atoms with Crippen molar-refractivity contribution in [3.63, 3.8) is 0 Å². The third kappa shape index (κ3) is 15.8. The van der Waals surface area contributed by atoms with Crippen molar-refractivity contribution < 1.29 is 56.6 Å². The van der Waals surface area contributed by atoms with E-state index in [0.29, 0.717) is 67.8 Å². The summed E-state index contributed by atoms with van der Waals surface area (Å²) in [6.45, 7) is 13.4. The molecule has 0 atom stereocenters. The quantitative estimate of drug-likeness (QED) is 0.0211. The van der Waals surface area contributed by atoms with Gasteiger partial charge in [0.15, 0.2) is 13.4 Å². The summed E-state index contributed by atoms with van der Waals surface area (Å²) in [7, 11) is 1.59. The van der Waals surface area contributed by atoms with E-state index in [1.807, 2.05) is 124 Å². The Morgan fingerprint density at radius 3 is 1.67 bits per heavy atom. The van der Waals surface area contributed by atoms with Crippen LogP contribution in [-0.4, -0.2) is 73.8 Å². The van der Waals surface area contributed by atoms with Gasteiger partial charge >= 0.3 is 11.9 Å². The summed E-state index contributed by atoms with van der Waals surface area (Å²) in [5.74, 6) is 1.62. The van der Waals surface area contributed by atoms with Crippen LogP contribution >= 0.6 is 0 Å². The number of hydrogen-bond donors (Lipinski definition) is 0. The summed E-state index contributed by atoms with van der Waals surface area (Å²) in [5, 5.41) is 2.04. The maximum atomic E-state index is 13.3. The van der Waals surface area contributed by atoms with Gasteiger partial charge in [0.05, 0.1) is 34.0 Å². The van der Waals surface area contributed by atoms with Gasteiger partial charge in [0.1, 0.15) is 53.1 Å². The fourth-order valence-corrected chi connectivity index (χ4v) is 13.9. The number of carbonyl (C=O) groups excluding carboxylic acids is 2. The summed E-state index contributed by atoms with van der Waals surface area (Å²) in [5.41, 5.74) is 5.54. The highest BCUT2D eigenvalue weighted by Crippen LogP contribution is 2.41. The van der Waals surface area contributed by atoms with Crippen molar-refractivity contribution in [3.8, 4) is 28.7 Å². The van der Waals surface area contributed by atoms with Gasteiger partial charge in [-0.05, 0) is 108 Å². The van der Waals surface area contributed by atoms with E-state index < -0.39 is 25.9 Å². The molecule has 0 aliphatic heterocycles. The lowest BCUT2D eigenvalue weighted by Gasteiger charge is -2.43. The molecule has 0 spiro atoms. The highest BCUT2D eigenvalue weighted by Gasteiger charge is 2.50. The van der Waals surface area contributed by atoms with Crippen molar-refractivity contribution in [2.75, 3.05) is 47.9 Å². The van der Waals surface area contributed by atoms with E-state index in [1.54, 1.807) is 26.4 Å².